The van der Waals surface area contributed by atoms with Crippen LogP contribution in [0.15, 0.2) is 45.3 Å². The van der Waals surface area contributed by atoms with Gasteiger partial charge < -0.3 is 19.7 Å². The van der Waals surface area contributed by atoms with Crippen LogP contribution in [-0.2, 0) is 9.47 Å². The van der Waals surface area contributed by atoms with Crippen LogP contribution in [0.3, 0.4) is 0 Å². The summed E-state index contributed by atoms with van der Waals surface area (Å²) >= 11 is 6.44. The Kier molecular flexibility index (Phi) is 7.47. The number of halogens is 2. The average Bonchev–Trinajstić information content (AvgIpc) is 2.61. The minimum Gasteiger partial charge on any atom is -0.507 e. The van der Waals surface area contributed by atoms with Crippen LogP contribution < -0.4 is 0 Å². The second-order valence-corrected chi connectivity index (χ2v) is 7.13. The number of aromatic hydroxyl groups is 2. The van der Waals surface area contributed by atoms with E-state index in [1.807, 2.05) is 0 Å². The van der Waals surface area contributed by atoms with Crippen LogP contribution in [-0.4, -0.2) is 35.4 Å². The van der Waals surface area contributed by atoms with Gasteiger partial charge in [0.2, 0.25) is 0 Å². The second-order valence-electron chi connectivity index (χ2n) is 5.30. The molecule has 0 aliphatic heterocycles. The topological polar surface area (TPSA) is 93.1 Å². The standard InChI is InChI=1S/C18H16Br2O6/c19-11-3-5-15(21)13(9-11)17(23)25-7-1-2-8-26-18(24)14-10-12(20)4-6-16(14)22/h3-6,9-10,21-22H,1-2,7-8H2. The molecule has 2 N–H and O–H groups in total. The van der Waals surface area contributed by atoms with Crippen LogP contribution in [0.2, 0.25) is 0 Å². The Morgan fingerprint density at radius 2 is 1.15 bits per heavy atom. The van der Waals surface area contributed by atoms with E-state index < -0.39 is 11.9 Å². The molecular formula is C18H16Br2O6. The van der Waals surface area contributed by atoms with Crippen LogP contribution in [0.4, 0.5) is 0 Å². The highest BCUT2D eigenvalue weighted by molar-refractivity contribution is 9.10. The van der Waals surface area contributed by atoms with Crippen molar-refractivity contribution in [3.05, 3.63) is 56.5 Å². The number of ether oxygens (including phenoxy) is 2. The molecular weight excluding hydrogens is 472 g/mol. The highest BCUT2D eigenvalue weighted by Crippen LogP contribution is 2.23. The Morgan fingerprint density at radius 1 is 0.769 bits per heavy atom. The number of unbranched alkanes of at least 4 members (excludes halogenated alkanes) is 1. The van der Waals surface area contributed by atoms with E-state index in [1.54, 1.807) is 12.1 Å². The first-order valence-electron chi connectivity index (χ1n) is 7.70. The molecule has 0 aromatic heterocycles. The molecule has 0 heterocycles. The molecule has 2 aromatic carbocycles. The van der Waals surface area contributed by atoms with Crippen LogP contribution in [0, 0.1) is 0 Å². The Hall–Kier alpha value is -2.06. The highest BCUT2D eigenvalue weighted by atomic mass is 79.9. The van der Waals surface area contributed by atoms with Gasteiger partial charge in [-0.15, -0.1) is 0 Å². The summed E-state index contributed by atoms with van der Waals surface area (Å²) in [6.07, 6.45) is 0.969. The minimum atomic E-state index is -0.625. The third-order valence-corrected chi connectivity index (χ3v) is 4.35. The van der Waals surface area contributed by atoms with E-state index in [9.17, 15) is 19.8 Å². The van der Waals surface area contributed by atoms with Gasteiger partial charge in [0.05, 0.1) is 13.2 Å². The maximum Gasteiger partial charge on any atom is 0.341 e. The lowest BCUT2D eigenvalue weighted by atomic mass is 10.2. The van der Waals surface area contributed by atoms with Gasteiger partial charge in [0.25, 0.3) is 0 Å². The number of rotatable bonds is 7. The summed E-state index contributed by atoms with van der Waals surface area (Å²) in [5, 5.41) is 19.3. The van der Waals surface area contributed by atoms with Gasteiger partial charge in [-0.05, 0) is 49.2 Å². The zero-order valence-electron chi connectivity index (χ0n) is 13.6. The summed E-state index contributed by atoms with van der Waals surface area (Å²) in [7, 11) is 0. The fraction of sp³-hybridized carbons (Fsp3) is 0.222. The predicted molar refractivity (Wildman–Crippen MR) is 101 cm³/mol. The fourth-order valence-corrected chi connectivity index (χ4v) is 2.76. The van der Waals surface area contributed by atoms with Gasteiger partial charge in [0, 0.05) is 8.95 Å². The zero-order valence-corrected chi connectivity index (χ0v) is 16.7. The molecule has 0 amide bonds. The monoisotopic (exact) mass is 486 g/mol. The SMILES string of the molecule is O=C(OCCCCOC(=O)c1cc(Br)ccc1O)c1cc(Br)ccc1O. The lowest BCUT2D eigenvalue weighted by molar-refractivity contribution is 0.0428. The number of carbonyl (C=O) groups is 2. The molecule has 6 nitrogen and oxygen atoms in total. The van der Waals surface area contributed by atoms with Crippen LogP contribution in [0.1, 0.15) is 33.6 Å². The Morgan fingerprint density at radius 3 is 1.54 bits per heavy atom. The summed E-state index contributed by atoms with van der Waals surface area (Å²) in [5.74, 6) is -1.55. The number of hydrogen-bond acceptors (Lipinski definition) is 6. The zero-order chi connectivity index (χ0) is 19.1. The van der Waals surface area contributed by atoms with E-state index in [4.69, 9.17) is 9.47 Å². The van der Waals surface area contributed by atoms with E-state index in [0.29, 0.717) is 21.8 Å². The summed E-state index contributed by atoms with van der Waals surface area (Å²) in [6.45, 7) is 0.259. The van der Waals surface area contributed by atoms with E-state index in [1.165, 1.54) is 24.3 Å². The quantitative estimate of drug-likeness (QED) is 0.443. The third-order valence-electron chi connectivity index (χ3n) is 3.36. The number of hydrogen-bond donors (Lipinski definition) is 2. The lowest BCUT2D eigenvalue weighted by Gasteiger charge is -2.08. The number of phenols is 2. The normalized spacial score (nSPS) is 10.4. The van der Waals surface area contributed by atoms with Crippen LogP contribution in [0.25, 0.3) is 0 Å². The van der Waals surface area contributed by atoms with Crippen LogP contribution in [0.5, 0.6) is 11.5 Å². The summed E-state index contributed by atoms with van der Waals surface area (Å²) in [5.41, 5.74) is 0.159. The molecule has 0 aliphatic rings. The smallest absolute Gasteiger partial charge is 0.341 e. The molecule has 0 radical (unpaired) electrons. The summed E-state index contributed by atoms with van der Waals surface area (Å²) < 4.78 is 11.5. The number of carbonyl (C=O) groups excluding carboxylic acids is 2. The lowest BCUT2D eigenvalue weighted by Crippen LogP contribution is -2.09. The van der Waals surface area contributed by atoms with Crippen molar-refractivity contribution in [2.24, 2.45) is 0 Å². The molecule has 0 fully saturated rings. The van der Waals surface area contributed by atoms with Gasteiger partial charge >= 0.3 is 11.9 Å². The molecule has 0 saturated carbocycles. The molecule has 0 unspecified atom stereocenters. The van der Waals surface area contributed by atoms with E-state index in [0.717, 1.165) is 0 Å². The minimum absolute atomic E-state index is 0.0796. The number of esters is 2. The van der Waals surface area contributed by atoms with Crippen molar-refractivity contribution < 1.29 is 29.3 Å². The highest BCUT2D eigenvalue weighted by Gasteiger charge is 2.14. The molecule has 0 bridgehead atoms. The first-order chi connectivity index (χ1) is 12.4. The largest absolute Gasteiger partial charge is 0.507 e. The first-order valence-corrected chi connectivity index (χ1v) is 9.28. The van der Waals surface area contributed by atoms with Crippen molar-refractivity contribution in [2.75, 3.05) is 13.2 Å². The van der Waals surface area contributed by atoms with Crippen molar-refractivity contribution in [1.29, 1.82) is 0 Å². The molecule has 0 spiro atoms. The predicted octanol–water partition coefficient (Wildman–Crippen LogP) is 4.42. The maximum absolute atomic E-state index is 11.9. The molecule has 0 saturated heterocycles. The van der Waals surface area contributed by atoms with Gasteiger partial charge in [-0.3, -0.25) is 0 Å². The maximum atomic E-state index is 11.9. The van der Waals surface area contributed by atoms with Gasteiger partial charge in [0.15, 0.2) is 0 Å². The Bertz CT molecular complexity index is 739. The summed E-state index contributed by atoms with van der Waals surface area (Å²) in [6, 6.07) is 8.98. The van der Waals surface area contributed by atoms with Crippen molar-refractivity contribution in [3.8, 4) is 11.5 Å². The Labute approximate surface area is 167 Å². The third kappa shape index (κ3) is 5.74. The molecule has 138 valence electrons. The Balaban J connectivity index is 1.71. The van der Waals surface area contributed by atoms with Gasteiger partial charge in [-0.2, -0.15) is 0 Å². The van der Waals surface area contributed by atoms with Gasteiger partial charge in [0.1, 0.15) is 22.6 Å². The van der Waals surface area contributed by atoms with Crippen molar-refractivity contribution in [1.82, 2.24) is 0 Å². The van der Waals surface area contributed by atoms with Crippen molar-refractivity contribution in [2.45, 2.75) is 12.8 Å². The number of phenolic OH excluding ortho intramolecular Hbond substituents is 2. The van der Waals surface area contributed by atoms with Gasteiger partial charge in [-0.1, -0.05) is 31.9 Å². The van der Waals surface area contributed by atoms with Crippen molar-refractivity contribution in [3.63, 3.8) is 0 Å². The molecule has 0 atom stereocenters. The molecule has 2 aromatic rings. The summed E-state index contributed by atoms with van der Waals surface area (Å²) in [4.78, 5) is 23.8. The van der Waals surface area contributed by atoms with E-state index >= 15 is 0 Å². The van der Waals surface area contributed by atoms with Gasteiger partial charge in [-0.25, -0.2) is 9.59 Å². The number of benzene rings is 2. The average molecular weight is 488 g/mol. The van der Waals surface area contributed by atoms with E-state index in [-0.39, 0.29) is 35.8 Å². The molecule has 8 heteroatoms. The van der Waals surface area contributed by atoms with Crippen LogP contribution >= 0.6 is 31.9 Å². The van der Waals surface area contributed by atoms with Crippen molar-refractivity contribution >= 4 is 43.8 Å². The molecule has 0 aliphatic carbocycles. The fourth-order valence-electron chi connectivity index (χ4n) is 2.03. The first kappa shape index (κ1) is 20.3. The molecule has 26 heavy (non-hydrogen) atoms. The molecule has 2 rings (SSSR count). The van der Waals surface area contributed by atoms with E-state index in [2.05, 4.69) is 31.9 Å². The second kappa shape index (κ2) is 9.59.